The van der Waals surface area contributed by atoms with Gasteiger partial charge in [0, 0.05) is 22.9 Å². The zero-order chi connectivity index (χ0) is 20.7. The number of alkyl halides is 3. The van der Waals surface area contributed by atoms with E-state index < -0.39 is 24.3 Å². The summed E-state index contributed by atoms with van der Waals surface area (Å²) in [5.41, 5.74) is 0.706. The average molecular weight is 413 g/mol. The van der Waals surface area contributed by atoms with Gasteiger partial charge < -0.3 is 14.6 Å². The van der Waals surface area contributed by atoms with Crippen LogP contribution < -0.4 is 9.47 Å². The second-order valence-electron chi connectivity index (χ2n) is 5.82. The Morgan fingerprint density at radius 3 is 2.54 bits per heavy atom. The highest BCUT2D eigenvalue weighted by Gasteiger charge is 2.30. The molecule has 1 heterocycles. The molecule has 28 heavy (non-hydrogen) atoms. The van der Waals surface area contributed by atoms with Crippen LogP contribution in [0.4, 0.5) is 13.2 Å². The van der Waals surface area contributed by atoms with E-state index >= 15 is 0 Å². The summed E-state index contributed by atoms with van der Waals surface area (Å²) in [6.07, 6.45) is -3.71. The van der Waals surface area contributed by atoms with Crippen molar-refractivity contribution < 1.29 is 32.5 Å². The van der Waals surface area contributed by atoms with E-state index in [1.807, 2.05) is 13.0 Å². The lowest BCUT2D eigenvalue weighted by Gasteiger charge is -2.11. The molecule has 2 rings (SSSR count). The zero-order valence-corrected chi connectivity index (χ0v) is 15.8. The lowest BCUT2D eigenvalue weighted by molar-refractivity contribution is -0.139. The van der Waals surface area contributed by atoms with Crippen LogP contribution >= 0.6 is 11.8 Å². The van der Waals surface area contributed by atoms with Crippen molar-refractivity contribution in [2.45, 2.75) is 18.0 Å². The van der Waals surface area contributed by atoms with E-state index in [1.165, 1.54) is 17.8 Å². The molecule has 0 saturated heterocycles. The number of nitrogens with zero attached hydrogens (tertiary/aromatic N) is 1. The monoisotopic (exact) mass is 413 g/mol. The second kappa shape index (κ2) is 9.50. The van der Waals surface area contributed by atoms with Gasteiger partial charge in [-0.05, 0) is 42.3 Å². The van der Waals surface area contributed by atoms with Crippen LogP contribution in [-0.4, -0.2) is 35.0 Å². The Labute approximate surface area is 164 Å². The van der Waals surface area contributed by atoms with E-state index in [2.05, 4.69) is 11.6 Å². The number of carbonyl (C=O) groups is 1. The lowest BCUT2D eigenvalue weighted by atomic mass is 10.2. The van der Waals surface area contributed by atoms with Crippen molar-refractivity contribution in [3.8, 4) is 11.6 Å². The number of rotatable bonds is 9. The van der Waals surface area contributed by atoms with Crippen LogP contribution in [0.5, 0.6) is 11.6 Å². The Morgan fingerprint density at radius 2 is 1.96 bits per heavy atom. The van der Waals surface area contributed by atoms with Gasteiger partial charge in [-0.25, -0.2) is 9.78 Å². The normalized spacial score (nSPS) is 11.1. The van der Waals surface area contributed by atoms with Crippen LogP contribution in [0.2, 0.25) is 0 Å². The predicted molar refractivity (Wildman–Crippen MR) is 98.9 cm³/mol. The predicted octanol–water partition coefficient (Wildman–Crippen LogP) is 4.60. The molecule has 0 saturated carbocycles. The van der Waals surface area contributed by atoms with Gasteiger partial charge in [-0.2, -0.15) is 13.2 Å². The highest BCUT2D eigenvalue weighted by Crippen LogP contribution is 2.29. The van der Waals surface area contributed by atoms with Crippen LogP contribution in [0.3, 0.4) is 0 Å². The Bertz CT molecular complexity index is 838. The van der Waals surface area contributed by atoms with E-state index in [0.717, 1.165) is 28.3 Å². The third kappa shape index (κ3) is 6.80. The summed E-state index contributed by atoms with van der Waals surface area (Å²) in [5, 5.41) is 8.64. The Morgan fingerprint density at radius 1 is 1.21 bits per heavy atom. The number of hydrogen-bond donors (Lipinski definition) is 1. The summed E-state index contributed by atoms with van der Waals surface area (Å²) in [7, 11) is 0. The molecule has 2 aromatic rings. The Balaban J connectivity index is 1.80. The lowest BCUT2D eigenvalue weighted by Crippen LogP contribution is -2.10. The minimum Gasteiger partial charge on any atom is -0.482 e. The molecule has 0 aliphatic carbocycles. The fourth-order valence-electron chi connectivity index (χ4n) is 2.05. The molecule has 0 aliphatic rings. The molecular formula is C19H18F3NO4S. The molecule has 150 valence electrons. The van der Waals surface area contributed by atoms with Crippen molar-refractivity contribution in [1.82, 2.24) is 4.98 Å². The van der Waals surface area contributed by atoms with E-state index in [1.54, 1.807) is 12.1 Å². The topological polar surface area (TPSA) is 68.7 Å². The number of aryl methyl sites for hydroxylation is 1. The van der Waals surface area contributed by atoms with Gasteiger partial charge >= 0.3 is 12.1 Å². The highest BCUT2D eigenvalue weighted by molar-refractivity contribution is 7.99. The second-order valence-corrected chi connectivity index (χ2v) is 6.87. The average Bonchev–Trinajstić information content (AvgIpc) is 2.63. The fourth-order valence-corrected chi connectivity index (χ4v) is 2.93. The molecule has 0 atom stereocenters. The smallest absolute Gasteiger partial charge is 0.417 e. The minimum absolute atomic E-state index is 0.0925. The Hall–Kier alpha value is -2.68. The van der Waals surface area contributed by atoms with Crippen molar-refractivity contribution in [3.63, 3.8) is 0 Å². The molecule has 5 nitrogen and oxygen atoms in total. The zero-order valence-electron chi connectivity index (χ0n) is 15.0. The summed E-state index contributed by atoms with van der Waals surface area (Å²) >= 11 is 1.50. The number of pyridine rings is 1. The van der Waals surface area contributed by atoms with Gasteiger partial charge in [0.15, 0.2) is 6.61 Å². The first-order chi connectivity index (χ1) is 13.1. The SMILES string of the molecule is C=C(COc1ccc(C(F)(F)F)cn1)CSc1ccc(OCC(=O)O)c(C)c1. The first kappa shape index (κ1) is 21.6. The quantitative estimate of drug-likeness (QED) is 0.479. The molecule has 0 aliphatic heterocycles. The van der Waals surface area contributed by atoms with E-state index in [0.29, 0.717) is 11.5 Å². The summed E-state index contributed by atoms with van der Waals surface area (Å²) in [6, 6.07) is 7.46. The molecule has 0 spiro atoms. The fraction of sp³-hybridized carbons (Fsp3) is 0.263. The molecule has 0 radical (unpaired) electrons. The van der Waals surface area contributed by atoms with Crippen molar-refractivity contribution in [2.24, 2.45) is 0 Å². The third-order valence-electron chi connectivity index (χ3n) is 3.43. The van der Waals surface area contributed by atoms with E-state index in [4.69, 9.17) is 14.6 Å². The number of hydrogen-bond acceptors (Lipinski definition) is 5. The first-order valence-corrected chi connectivity index (χ1v) is 9.04. The van der Waals surface area contributed by atoms with E-state index in [9.17, 15) is 18.0 Å². The summed E-state index contributed by atoms with van der Waals surface area (Å²) in [4.78, 5) is 15.1. The molecule has 0 unspecified atom stereocenters. The molecule has 1 aromatic heterocycles. The van der Waals surface area contributed by atoms with E-state index in [-0.39, 0.29) is 12.5 Å². The molecule has 0 fully saturated rings. The van der Waals surface area contributed by atoms with Crippen LogP contribution in [0, 0.1) is 6.92 Å². The van der Waals surface area contributed by atoms with Crippen LogP contribution in [0.1, 0.15) is 11.1 Å². The van der Waals surface area contributed by atoms with Gasteiger partial charge in [0.25, 0.3) is 0 Å². The number of halogens is 3. The van der Waals surface area contributed by atoms with Gasteiger partial charge in [0.05, 0.1) is 5.56 Å². The molecule has 0 amide bonds. The van der Waals surface area contributed by atoms with Crippen LogP contribution in [-0.2, 0) is 11.0 Å². The highest BCUT2D eigenvalue weighted by atomic mass is 32.2. The van der Waals surface area contributed by atoms with Gasteiger partial charge in [0.1, 0.15) is 12.4 Å². The number of benzene rings is 1. The van der Waals surface area contributed by atoms with Crippen LogP contribution in [0.15, 0.2) is 53.6 Å². The van der Waals surface area contributed by atoms with Crippen molar-refractivity contribution >= 4 is 17.7 Å². The summed E-state index contributed by atoms with van der Waals surface area (Å²) < 4.78 is 48.0. The maximum Gasteiger partial charge on any atom is 0.417 e. The van der Waals surface area contributed by atoms with Crippen molar-refractivity contribution in [3.05, 3.63) is 59.8 Å². The number of carboxylic acids is 1. The van der Waals surface area contributed by atoms with Crippen molar-refractivity contribution in [1.29, 1.82) is 0 Å². The molecule has 1 aromatic carbocycles. The molecule has 9 heteroatoms. The largest absolute Gasteiger partial charge is 0.482 e. The minimum atomic E-state index is -4.43. The first-order valence-electron chi connectivity index (χ1n) is 8.06. The molecule has 1 N–H and O–H groups in total. The standard InChI is InChI=1S/C19H18F3NO4S/c1-12(9-27-17-6-3-14(8-23-17)19(20,21)22)11-28-15-4-5-16(13(2)7-15)26-10-18(24)25/h3-8H,1,9-11H2,2H3,(H,24,25). The van der Waals surface area contributed by atoms with Gasteiger partial charge in [-0.1, -0.05) is 6.58 Å². The molecule has 0 bridgehead atoms. The van der Waals surface area contributed by atoms with Crippen LogP contribution in [0.25, 0.3) is 0 Å². The molecular weight excluding hydrogens is 395 g/mol. The number of thioether (sulfide) groups is 1. The van der Waals surface area contributed by atoms with Gasteiger partial charge in [-0.3, -0.25) is 0 Å². The summed E-state index contributed by atoms with van der Waals surface area (Å²) in [6.45, 7) is 5.43. The maximum atomic E-state index is 12.5. The number of ether oxygens (including phenoxy) is 2. The third-order valence-corrected chi connectivity index (χ3v) is 4.57. The van der Waals surface area contributed by atoms with Gasteiger partial charge in [-0.15, -0.1) is 11.8 Å². The number of carboxylic acid groups (broad SMARTS) is 1. The van der Waals surface area contributed by atoms with Gasteiger partial charge in [0.2, 0.25) is 5.88 Å². The number of aliphatic carboxylic acids is 1. The number of aromatic nitrogens is 1. The van der Waals surface area contributed by atoms with Crippen molar-refractivity contribution in [2.75, 3.05) is 19.0 Å². The maximum absolute atomic E-state index is 12.5. The summed E-state index contributed by atoms with van der Waals surface area (Å²) in [5.74, 6) is 0.0870. The Kier molecular flexibility index (Phi) is 7.33.